The first-order valence-electron chi connectivity index (χ1n) is 9.08. The molecule has 0 atom stereocenters. The maximum Gasteiger partial charge on any atom is 0.322 e. The molecule has 2 aromatic rings. The smallest absolute Gasteiger partial charge is 0.322 e. The number of rotatable bonds is 3. The lowest BCUT2D eigenvalue weighted by Crippen LogP contribution is -2.43. The Labute approximate surface area is 155 Å². The molecule has 3 heterocycles. The van der Waals surface area contributed by atoms with Gasteiger partial charge in [-0.05, 0) is 56.0 Å². The molecule has 0 bridgehead atoms. The van der Waals surface area contributed by atoms with Crippen LogP contribution in [0.15, 0.2) is 22.0 Å². The zero-order valence-electron chi connectivity index (χ0n) is 14.5. The number of carbonyl (C=O) groups is 2. The van der Waals surface area contributed by atoms with Crippen LogP contribution in [0.3, 0.4) is 0 Å². The molecule has 26 heavy (non-hydrogen) atoms. The fourth-order valence-electron chi connectivity index (χ4n) is 3.58. The summed E-state index contributed by atoms with van der Waals surface area (Å²) in [6.45, 7) is 1.15. The summed E-state index contributed by atoms with van der Waals surface area (Å²) in [5.74, 6) is 0.375. The quantitative estimate of drug-likeness (QED) is 0.861. The molecule has 0 spiro atoms. The third-order valence-corrected chi connectivity index (χ3v) is 5.89. The molecule has 0 unspecified atom stereocenters. The van der Waals surface area contributed by atoms with Gasteiger partial charge in [-0.25, -0.2) is 4.79 Å². The molecular weight excluding hydrogens is 352 g/mol. The molecule has 138 valence electrons. The van der Waals surface area contributed by atoms with Gasteiger partial charge in [-0.1, -0.05) is 5.16 Å². The van der Waals surface area contributed by atoms with Crippen LogP contribution in [0, 0.1) is 5.92 Å². The van der Waals surface area contributed by atoms with E-state index in [1.807, 2.05) is 17.5 Å². The second-order valence-corrected chi connectivity index (χ2v) is 7.75. The Kier molecular flexibility index (Phi) is 4.92. The van der Waals surface area contributed by atoms with Gasteiger partial charge < -0.3 is 9.42 Å². The number of carbonyl (C=O) groups excluding carboxylic acids is 2. The summed E-state index contributed by atoms with van der Waals surface area (Å²) >= 11 is 1.49. The maximum atomic E-state index is 12.6. The van der Waals surface area contributed by atoms with Crippen LogP contribution < -0.4 is 10.6 Å². The number of aryl methyl sites for hydroxylation is 1. The number of nitrogens with zero attached hydrogens (tertiary/aromatic N) is 2. The Bertz CT molecular complexity index is 778. The van der Waals surface area contributed by atoms with Crippen molar-refractivity contribution in [2.24, 2.45) is 5.92 Å². The van der Waals surface area contributed by atoms with Crippen LogP contribution in [0.2, 0.25) is 0 Å². The Balaban J connectivity index is 1.29. The fraction of sp³-hybridized carbons (Fsp3) is 0.500. The first kappa shape index (κ1) is 17.1. The molecule has 3 amide bonds. The number of fused-ring (bicyclic) bond motifs is 1. The molecule has 8 heteroatoms. The number of amides is 3. The van der Waals surface area contributed by atoms with Crippen LogP contribution in [0.25, 0.3) is 0 Å². The summed E-state index contributed by atoms with van der Waals surface area (Å²) in [5.41, 5.74) is 2.03. The monoisotopic (exact) mass is 374 g/mol. The highest BCUT2D eigenvalue weighted by molar-refractivity contribution is 7.14. The van der Waals surface area contributed by atoms with Crippen LogP contribution >= 0.6 is 11.3 Å². The molecule has 1 aliphatic carbocycles. The van der Waals surface area contributed by atoms with Crippen molar-refractivity contribution >= 4 is 34.2 Å². The van der Waals surface area contributed by atoms with Gasteiger partial charge in [-0.3, -0.25) is 15.4 Å². The summed E-state index contributed by atoms with van der Waals surface area (Å²) in [7, 11) is 0. The number of aromatic nitrogens is 1. The molecule has 2 aromatic heterocycles. The fourth-order valence-corrected chi connectivity index (χ4v) is 4.19. The van der Waals surface area contributed by atoms with Gasteiger partial charge in [0.25, 0.3) is 0 Å². The van der Waals surface area contributed by atoms with E-state index in [-0.39, 0.29) is 17.9 Å². The normalized spacial score (nSPS) is 17.6. The number of nitrogens with one attached hydrogen (secondary N) is 2. The Hall–Kier alpha value is -2.35. The van der Waals surface area contributed by atoms with Crippen molar-refractivity contribution in [1.82, 2.24) is 10.1 Å². The Morgan fingerprint density at radius 1 is 1.19 bits per heavy atom. The Morgan fingerprint density at radius 3 is 2.77 bits per heavy atom. The standard InChI is InChI=1S/C18H22N4O3S/c23-16(20-17-13-4-1-2-5-14(13)21-25-17)12-7-9-22(10-8-12)18(24)19-15-6-3-11-26-15/h3,6,11-12H,1-2,4-5,7-10H2,(H,19,24)(H,20,23). The molecule has 2 N–H and O–H groups in total. The number of anilines is 2. The van der Waals surface area contributed by atoms with E-state index in [1.165, 1.54) is 11.3 Å². The number of likely N-dealkylation sites (tertiary alicyclic amines) is 1. The van der Waals surface area contributed by atoms with Crippen molar-refractivity contribution in [2.45, 2.75) is 38.5 Å². The van der Waals surface area contributed by atoms with Gasteiger partial charge >= 0.3 is 6.03 Å². The van der Waals surface area contributed by atoms with E-state index in [1.54, 1.807) is 4.90 Å². The second-order valence-electron chi connectivity index (χ2n) is 6.80. The molecule has 1 fully saturated rings. The molecule has 4 rings (SSSR count). The summed E-state index contributed by atoms with van der Waals surface area (Å²) in [5, 5.41) is 12.6. The van der Waals surface area contributed by atoms with Gasteiger partial charge in [0, 0.05) is 24.6 Å². The first-order valence-corrected chi connectivity index (χ1v) is 9.96. The van der Waals surface area contributed by atoms with Crippen molar-refractivity contribution in [3.05, 3.63) is 28.8 Å². The number of hydrogen-bond donors (Lipinski definition) is 2. The van der Waals surface area contributed by atoms with Gasteiger partial charge in [-0.2, -0.15) is 0 Å². The lowest BCUT2D eigenvalue weighted by molar-refractivity contribution is -0.121. The highest BCUT2D eigenvalue weighted by Gasteiger charge is 2.29. The lowest BCUT2D eigenvalue weighted by Gasteiger charge is -2.31. The number of thiophene rings is 1. The van der Waals surface area contributed by atoms with Crippen LogP contribution in [0.4, 0.5) is 15.7 Å². The molecule has 1 saturated heterocycles. The van der Waals surface area contributed by atoms with Crippen molar-refractivity contribution in [3.8, 4) is 0 Å². The van der Waals surface area contributed by atoms with Crippen molar-refractivity contribution in [3.63, 3.8) is 0 Å². The summed E-state index contributed by atoms with van der Waals surface area (Å²) < 4.78 is 5.34. The predicted molar refractivity (Wildman–Crippen MR) is 99.4 cm³/mol. The van der Waals surface area contributed by atoms with Gasteiger partial charge in [0.1, 0.15) is 0 Å². The van der Waals surface area contributed by atoms with Crippen LogP contribution in [-0.4, -0.2) is 35.1 Å². The lowest BCUT2D eigenvalue weighted by atomic mass is 9.95. The zero-order chi connectivity index (χ0) is 17.9. The van der Waals surface area contributed by atoms with Crippen molar-refractivity contribution < 1.29 is 14.1 Å². The number of urea groups is 1. The largest absolute Gasteiger partial charge is 0.338 e. The number of hydrogen-bond acceptors (Lipinski definition) is 5. The van der Waals surface area contributed by atoms with E-state index >= 15 is 0 Å². The zero-order valence-corrected chi connectivity index (χ0v) is 15.3. The van der Waals surface area contributed by atoms with E-state index in [0.717, 1.165) is 41.9 Å². The minimum Gasteiger partial charge on any atom is -0.338 e. The average Bonchev–Trinajstić information content (AvgIpc) is 3.32. The highest BCUT2D eigenvalue weighted by Crippen LogP contribution is 2.29. The molecule has 7 nitrogen and oxygen atoms in total. The van der Waals surface area contributed by atoms with E-state index < -0.39 is 0 Å². The maximum absolute atomic E-state index is 12.6. The second kappa shape index (κ2) is 7.49. The van der Waals surface area contributed by atoms with Gasteiger partial charge in [-0.15, -0.1) is 11.3 Å². The molecule has 1 aliphatic heterocycles. The molecular formula is C18H22N4O3S. The minimum atomic E-state index is -0.106. The van der Waals surface area contributed by atoms with Crippen LogP contribution in [0.5, 0.6) is 0 Å². The van der Waals surface area contributed by atoms with E-state index in [0.29, 0.717) is 31.8 Å². The summed E-state index contributed by atoms with van der Waals surface area (Å²) in [6, 6.07) is 3.68. The average molecular weight is 374 g/mol. The minimum absolute atomic E-state index is 0.0344. The van der Waals surface area contributed by atoms with E-state index in [9.17, 15) is 9.59 Å². The van der Waals surface area contributed by atoms with Crippen molar-refractivity contribution in [2.75, 3.05) is 23.7 Å². The SMILES string of the molecule is O=C(Nc1onc2c1CCCC2)C1CCN(C(=O)Nc2cccs2)CC1. The molecule has 0 saturated carbocycles. The third kappa shape index (κ3) is 3.60. The third-order valence-electron chi connectivity index (χ3n) is 5.10. The summed E-state index contributed by atoms with van der Waals surface area (Å²) in [4.78, 5) is 26.6. The number of piperidine rings is 1. The molecule has 0 radical (unpaired) electrons. The van der Waals surface area contributed by atoms with Crippen LogP contribution in [-0.2, 0) is 17.6 Å². The Morgan fingerprint density at radius 2 is 2.00 bits per heavy atom. The van der Waals surface area contributed by atoms with Crippen LogP contribution in [0.1, 0.15) is 36.9 Å². The van der Waals surface area contributed by atoms with E-state index in [4.69, 9.17) is 4.52 Å². The topological polar surface area (TPSA) is 87.5 Å². The van der Waals surface area contributed by atoms with Gasteiger partial charge in [0.05, 0.1) is 10.7 Å². The van der Waals surface area contributed by atoms with E-state index in [2.05, 4.69) is 15.8 Å². The predicted octanol–water partition coefficient (Wildman–Crippen LogP) is 3.50. The summed E-state index contributed by atoms with van der Waals surface area (Å²) in [6.07, 6.45) is 5.37. The molecule has 0 aromatic carbocycles. The van der Waals surface area contributed by atoms with Gasteiger partial charge in [0.2, 0.25) is 11.8 Å². The van der Waals surface area contributed by atoms with Gasteiger partial charge in [0.15, 0.2) is 0 Å². The highest BCUT2D eigenvalue weighted by atomic mass is 32.1. The van der Waals surface area contributed by atoms with Crippen molar-refractivity contribution in [1.29, 1.82) is 0 Å². The molecule has 2 aliphatic rings. The first-order chi connectivity index (χ1) is 12.7.